The third-order valence-corrected chi connectivity index (χ3v) is 7.67. The van der Waals surface area contributed by atoms with E-state index in [-0.39, 0.29) is 11.8 Å². The predicted octanol–water partition coefficient (Wildman–Crippen LogP) is 3.74. The Morgan fingerprint density at radius 1 is 1.08 bits per heavy atom. The number of carbonyl (C=O) groups is 2. The van der Waals surface area contributed by atoms with Gasteiger partial charge in [0.1, 0.15) is 11.4 Å². The van der Waals surface area contributed by atoms with E-state index in [1.807, 2.05) is 41.1 Å². The molecule has 9 heteroatoms. The van der Waals surface area contributed by atoms with Crippen LogP contribution in [-0.2, 0) is 18.3 Å². The molecule has 2 amide bonds. The smallest absolute Gasteiger partial charge is 0.272 e. The van der Waals surface area contributed by atoms with E-state index in [0.29, 0.717) is 48.5 Å². The fourth-order valence-electron chi connectivity index (χ4n) is 5.38. The summed E-state index contributed by atoms with van der Waals surface area (Å²) in [6.07, 6.45) is 2.82. The van der Waals surface area contributed by atoms with Gasteiger partial charge >= 0.3 is 0 Å². The number of aryl methyl sites for hydroxylation is 1. The zero-order chi connectivity index (χ0) is 26.6. The molecular weight excluding hydrogens is 490 g/mol. The number of carbonyl (C=O) groups excluding carboxylic acids is 2. The number of rotatable bonds is 8. The standard InChI is InChI=1S/C28H40ClN5O3/c1-21(2)15-23-17-25(32(4)30-23)27(36)34-10-6-9-28(19-34,20-37-24-8-5-7-22(29)16-24)18-26(35)33-13-11-31(3)12-14-33/h5,7-8,16-17,21H,6,9-15,18-20H2,1-4H3. The van der Waals surface area contributed by atoms with Crippen LogP contribution in [0.1, 0.15) is 49.3 Å². The number of aromatic nitrogens is 2. The van der Waals surface area contributed by atoms with Gasteiger partial charge < -0.3 is 19.4 Å². The maximum absolute atomic E-state index is 13.7. The third-order valence-electron chi connectivity index (χ3n) is 7.44. The molecule has 37 heavy (non-hydrogen) atoms. The molecule has 1 aromatic heterocycles. The normalized spacial score (nSPS) is 20.9. The second-order valence-corrected chi connectivity index (χ2v) is 11.6. The first-order valence-electron chi connectivity index (χ1n) is 13.3. The van der Waals surface area contributed by atoms with Gasteiger partial charge in [-0.2, -0.15) is 5.10 Å². The van der Waals surface area contributed by atoms with Crippen LogP contribution in [0.4, 0.5) is 0 Å². The molecule has 202 valence electrons. The van der Waals surface area contributed by atoms with Crippen LogP contribution in [0, 0.1) is 11.3 Å². The van der Waals surface area contributed by atoms with Crippen LogP contribution in [0.2, 0.25) is 5.02 Å². The van der Waals surface area contributed by atoms with Crippen molar-refractivity contribution in [2.75, 3.05) is 52.9 Å². The van der Waals surface area contributed by atoms with Crippen LogP contribution in [-0.4, -0.2) is 89.2 Å². The molecule has 0 radical (unpaired) electrons. The van der Waals surface area contributed by atoms with E-state index in [2.05, 4.69) is 30.9 Å². The molecule has 3 heterocycles. The molecule has 0 bridgehead atoms. The van der Waals surface area contributed by atoms with E-state index in [9.17, 15) is 9.59 Å². The van der Waals surface area contributed by atoms with Crippen molar-refractivity contribution < 1.29 is 14.3 Å². The quantitative estimate of drug-likeness (QED) is 0.521. The average Bonchev–Trinajstić information content (AvgIpc) is 3.22. The van der Waals surface area contributed by atoms with Crippen molar-refractivity contribution in [1.82, 2.24) is 24.5 Å². The zero-order valence-corrected chi connectivity index (χ0v) is 23.3. The van der Waals surface area contributed by atoms with Crippen molar-refractivity contribution in [3.05, 3.63) is 46.7 Å². The Morgan fingerprint density at radius 2 is 1.84 bits per heavy atom. The van der Waals surface area contributed by atoms with Crippen molar-refractivity contribution in [2.45, 2.75) is 39.5 Å². The lowest BCUT2D eigenvalue weighted by Gasteiger charge is -2.43. The van der Waals surface area contributed by atoms with Crippen molar-refractivity contribution in [1.29, 1.82) is 0 Å². The SMILES string of the molecule is CC(C)Cc1cc(C(=O)N2CCCC(COc3cccc(Cl)c3)(CC(=O)N3CCN(C)CC3)C2)n(C)n1. The van der Waals surface area contributed by atoms with E-state index >= 15 is 0 Å². The molecule has 2 aliphatic heterocycles. The molecule has 0 spiro atoms. The van der Waals surface area contributed by atoms with Gasteiger partial charge in [0.25, 0.3) is 5.91 Å². The summed E-state index contributed by atoms with van der Waals surface area (Å²) in [5.41, 5.74) is 1.04. The molecule has 1 unspecified atom stereocenters. The third kappa shape index (κ3) is 7.05. The molecule has 0 saturated carbocycles. The Kier molecular flexibility index (Phi) is 8.80. The fourth-order valence-corrected chi connectivity index (χ4v) is 5.56. The monoisotopic (exact) mass is 529 g/mol. The molecule has 1 atom stereocenters. The summed E-state index contributed by atoms with van der Waals surface area (Å²) in [7, 11) is 3.91. The van der Waals surface area contributed by atoms with Crippen molar-refractivity contribution in [2.24, 2.45) is 18.4 Å². The lowest BCUT2D eigenvalue weighted by atomic mass is 9.77. The number of amides is 2. The van der Waals surface area contributed by atoms with E-state index < -0.39 is 5.41 Å². The van der Waals surface area contributed by atoms with E-state index in [4.69, 9.17) is 16.3 Å². The largest absolute Gasteiger partial charge is 0.493 e. The first kappa shape index (κ1) is 27.5. The topological polar surface area (TPSA) is 70.9 Å². The van der Waals surface area contributed by atoms with Crippen LogP contribution in [0.3, 0.4) is 0 Å². The molecule has 2 aromatic rings. The number of hydrogen-bond acceptors (Lipinski definition) is 5. The molecule has 2 fully saturated rings. The number of halogens is 1. The highest BCUT2D eigenvalue weighted by atomic mass is 35.5. The Labute approximate surface area is 225 Å². The second kappa shape index (κ2) is 11.9. The second-order valence-electron chi connectivity index (χ2n) is 11.2. The van der Waals surface area contributed by atoms with Gasteiger partial charge in [0.15, 0.2) is 0 Å². The van der Waals surface area contributed by atoms with Crippen LogP contribution in [0.5, 0.6) is 5.75 Å². The maximum Gasteiger partial charge on any atom is 0.272 e. The van der Waals surface area contributed by atoms with Gasteiger partial charge in [-0.3, -0.25) is 14.3 Å². The number of nitrogens with zero attached hydrogens (tertiary/aromatic N) is 5. The van der Waals surface area contributed by atoms with Crippen LogP contribution in [0.25, 0.3) is 0 Å². The summed E-state index contributed by atoms with van der Waals surface area (Å²) in [6.45, 7) is 8.98. The average molecular weight is 530 g/mol. The van der Waals surface area contributed by atoms with Crippen LogP contribution in [0.15, 0.2) is 30.3 Å². The lowest BCUT2D eigenvalue weighted by Crippen LogP contribution is -2.53. The lowest BCUT2D eigenvalue weighted by molar-refractivity contribution is -0.137. The van der Waals surface area contributed by atoms with Gasteiger partial charge in [-0.15, -0.1) is 0 Å². The van der Waals surface area contributed by atoms with E-state index in [1.54, 1.807) is 10.7 Å². The van der Waals surface area contributed by atoms with Gasteiger partial charge in [-0.1, -0.05) is 31.5 Å². The van der Waals surface area contributed by atoms with Crippen molar-refractivity contribution in [3.8, 4) is 5.75 Å². The number of likely N-dealkylation sites (N-methyl/N-ethyl adjacent to an activating group) is 1. The van der Waals surface area contributed by atoms with Gasteiger partial charge in [-0.25, -0.2) is 0 Å². The van der Waals surface area contributed by atoms with Gasteiger partial charge in [0.05, 0.1) is 12.3 Å². The van der Waals surface area contributed by atoms with Crippen LogP contribution >= 0.6 is 11.6 Å². The number of ether oxygens (including phenoxy) is 1. The maximum atomic E-state index is 13.7. The Morgan fingerprint density at radius 3 is 2.54 bits per heavy atom. The molecule has 0 aliphatic carbocycles. The first-order valence-corrected chi connectivity index (χ1v) is 13.7. The summed E-state index contributed by atoms with van der Waals surface area (Å²) in [4.78, 5) is 33.2. The van der Waals surface area contributed by atoms with Gasteiger partial charge in [0.2, 0.25) is 5.91 Å². The highest BCUT2D eigenvalue weighted by Gasteiger charge is 2.41. The Hall–Kier alpha value is -2.58. The number of piperazine rings is 1. The molecule has 8 nitrogen and oxygen atoms in total. The summed E-state index contributed by atoms with van der Waals surface area (Å²) in [6, 6.07) is 9.24. The number of hydrogen-bond donors (Lipinski definition) is 0. The van der Waals surface area contributed by atoms with E-state index in [1.165, 1.54) is 0 Å². The summed E-state index contributed by atoms with van der Waals surface area (Å²) in [5.74, 6) is 1.23. The molecule has 2 aliphatic rings. The van der Waals surface area contributed by atoms with Crippen molar-refractivity contribution >= 4 is 23.4 Å². The van der Waals surface area contributed by atoms with Gasteiger partial charge in [-0.05, 0) is 56.5 Å². The molecular formula is C28H40ClN5O3. The number of piperidine rings is 1. The number of likely N-dealkylation sites (tertiary alicyclic amines) is 1. The Balaban J connectivity index is 1.53. The molecule has 4 rings (SSSR count). The summed E-state index contributed by atoms with van der Waals surface area (Å²) >= 11 is 6.17. The summed E-state index contributed by atoms with van der Waals surface area (Å²) < 4.78 is 7.91. The first-order chi connectivity index (χ1) is 17.6. The Bertz CT molecular complexity index is 1100. The van der Waals surface area contributed by atoms with E-state index in [0.717, 1.165) is 51.1 Å². The molecule has 1 aromatic carbocycles. The van der Waals surface area contributed by atoms with Crippen LogP contribution < -0.4 is 4.74 Å². The molecule has 0 N–H and O–H groups in total. The minimum absolute atomic E-state index is 0.0381. The summed E-state index contributed by atoms with van der Waals surface area (Å²) in [5, 5.41) is 5.18. The minimum atomic E-state index is -0.476. The molecule has 2 saturated heterocycles. The zero-order valence-electron chi connectivity index (χ0n) is 22.6. The van der Waals surface area contributed by atoms with Gasteiger partial charge in [0, 0.05) is 63.2 Å². The van der Waals surface area contributed by atoms with Crippen molar-refractivity contribution in [3.63, 3.8) is 0 Å². The highest BCUT2D eigenvalue weighted by molar-refractivity contribution is 6.30. The fraction of sp³-hybridized carbons (Fsp3) is 0.607. The minimum Gasteiger partial charge on any atom is -0.493 e. The predicted molar refractivity (Wildman–Crippen MR) is 145 cm³/mol. The number of benzene rings is 1. The highest BCUT2D eigenvalue weighted by Crippen LogP contribution is 2.36.